The summed E-state index contributed by atoms with van der Waals surface area (Å²) in [4.78, 5) is 31.7. The van der Waals surface area contributed by atoms with Gasteiger partial charge in [-0.1, -0.05) is 0 Å². The van der Waals surface area contributed by atoms with Gasteiger partial charge in [0, 0.05) is 12.8 Å². The van der Waals surface area contributed by atoms with Crippen LogP contribution >= 0.6 is 0 Å². The summed E-state index contributed by atoms with van der Waals surface area (Å²) in [5.41, 5.74) is 6.61. The van der Waals surface area contributed by atoms with Crippen LogP contribution in [0.5, 0.6) is 0 Å². The molecule has 3 N–H and O–H groups in total. The number of hydrogen-bond acceptors (Lipinski definition) is 3. The summed E-state index contributed by atoms with van der Waals surface area (Å²) in [6, 6.07) is -0.909. The first-order valence-electron chi connectivity index (χ1n) is 3.03. The lowest BCUT2D eigenvalue weighted by molar-refractivity contribution is -0.140. The Hall–Kier alpha value is -1.59. The van der Waals surface area contributed by atoms with Gasteiger partial charge in [0.1, 0.15) is 0 Å². The Bertz CT molecular complexity index is 209. The molecule has 0 aromatic heterocycles. The van der Waals surface area contributed by atoms with Crippen LogP contribution in [-0.4, -0.2) is 22.9 Å². The van der Waals surface area contributed by atoms with E-state index in [1.807, 2.05) is 5.43 Å². The molecule has 0 saturated carbocycles. The van der Waals surface area contributed by atoms with Crippen molar-refractivity contribution in [1.82, 2.24) is 10.4 Å². The van der Waals surface area contributed by atoms with Crippen LogP contribution in [0, 0.1) is 0 Å². The molecule has 4 amide bonds. The van der Waals surface area contributed by atoms with Gasteiger partial charge in [-0.25, -0.2) is 10.2 Å². The fraction of sp³-hybridized carbons (Fsp3) is 0.400. The SMILES string of the molecule is NC(=O)NN1C(=O)CCC1=O. The maximum atomic E-state index is 10.8. The van der Waals surface area contributed by atoms with Crippen molar-refractivity contribution in [3.8, 4) is 0 Å². The molecule has 0 aromatic carbocycles. The molecular formula is C5H7N3O3. The lowest BCUT2D eigenvalue weighted by atomic mass is 10.4. The first-order chi connectivity index (χ1) is 5.11. The van der Waals surface area contributed by atoms with Gasteiger partial charge in [-0.05, 0) is 0 Å². The van der Waals surface area contributed by atoms with Gasteiger partial charge < -0.3 is 5.73 Å². The van der Waals surface area contributed by atoms with Gasteiger partial charge in [0.2, 0.25) is 11.8 Å². The van der Waals surface area contributed by atoms with E-state index >= 15 is 0 Å². The quantitative estimate of drug-likeness (QED) is 0.464. The van der Waals surface area contributed by atoms with E-state index in [0.29, 0.717) is 5.01 Å². The maximum Gasteiger partial charge on any atom is 0.331 e. The molecule has 1 aliphatic heterocycles. The van der Waals surface area contributed by atoms with E-state index in [4.69, 9.17) is 5.73 Å². The Morgan fingerprint density at radius 3 is 2.18 bits per heavy atom. The third-order valence-electron chi connectivity index (χ3n) is 1.27. The fourth-order valence-corrected chi connectivity index (χ4v) is 0.811. The molecule has 1 fully saturated rings. The van der Waals surface area contributed by atoms with Crippen molar-refractivity contribution in [2.75, 3.05) is 0 Å². The Balaban J connectivity index is 2.62. The third-order valence-corrected chi connectivity index (χ3v) is 1.27. The highest BCUT2D eigenvalue weighted by Crippen LogP contribution is 2.07. The predicted octanol–water partition coefficient (Wildman–Crippen LogP) is -1.28. The molecule has 1 saturated heterocycles. The second kappa shape index (κ2) is 2.57. The summed E-state index contributed by atoms with van der Waals surface area (Å²) in [7, 11) is 0. The molecule has 0 atom stereocenters. The van der Waals surface area contributed by atoms with E-state index in [-0.39, 0.29) is 12.8 Å². The van der Waals surface area contributed by atoms with Crippen LogP contribution in [0.4, 0.5) is 4.79 Å². The number of hydrazine groups is 1. The molecule has 11 heavy (non-hydrogen) atoms. The minimum Gasteiger partial charge on any atom is -0.350 e. The number of carbonyl (C=O) groups excluding carboxylic acids is 3. The van der Waals surface area contributed by atoms with Crippen LogP contribution in [0.15, 0.2) is 0 Å². The molecule has 1 aliphatic rings. The first kappa shape index (κ1) is 7.52. The minimum atomic E-state index is -0.909. The van der Waals surface area contributed by atoms with Crippen molar-refractivity contribution < 1.29 is 14.4 Å². The molecule has 0 spiro atoms. The molecule has 0 aromatic rings. The molecule has 1 rings (SSSR count). The van der Waals surface area contributed by atoms with Crippen LogP contribution < -0.4 is 11.2 Å². The van der Waals surface area contributed by atoms with Crippen LogP contribution in [0.2, 0.25) is 0 Å². The van der Waals surface area contributed by atoms with Gasteiger partial charge in [0.25, 0.3) is 0 Å². The average molecular weight is 157 g/mol. The molecule has 60 valence electrons. The lowest BCUT2D eigenvalue weighted by Crippen LogP contribution is -2.47. The van der Waals surface area contributed by atoms with Crippen LogP contribution in [0.3, 0.4) is 0 Å². The van der Waals surface area contributed by atoms with Crippen molar-refractivity contribution >= 4 is 17.8 Å². The Morgan fingerprint density at radius 2 is 1.82 bits per heavy atom. The van der Waals surface area contributed by atoms with E-state index in [0.717, 1.165) is 0 Å². The maximum absolute atomic E-state index is 10.8. The monoisotopic (exact) mass is 157 g/mol. The predicted molar refractivity (Wildman–Crippen MR) is 33.8 cm³/mol. The summed E-state index contributed by atoms with van der Waals surface area (Å²) < 4.78 is 0. The summed E-state index contributed by atoms with van der Waals surface area (Å²) in [6.45, 7) is 0. The van der Waals surface area contributed by atoms with Crippen molar-refractivity contribution in [2.24, 2.45) is 5.73 Å². The number of rotatable bonds is 1. The molecule has 0 unspecified atom stereocenters. The van der Waals surface area contributed by atoms with E-state index in [9.17, 15) is 14.4 Å². The Morgan fingerprint density at radius 1 is 1.36 bits per heavy atom. The van der Waals surface area contributed by atoms with Crippen LogP contribution in [0.1, 0.15) is 12.8 Å². The number of carbonyl (C=O) groups is 3. The van der Waals surface area contributed by atoms with Gasteiger partial charge in [0.15, 0.2) is 0 Å². The highest BCUT2D eigenvalue weighted by molar-refractivity contribution is 6.02. The molecule has 0 radical (unpaired) electrons. The second-order valence-corrected chi connectivity index (χ2v) is 2.10. The number of nitrogens with zero attached hydrogens (tertiary/aromatic N) is 1. The molecule has 1 heterocycles. The minimum absolute atomic E-state index is 0.138. The van der Waals surface area contributed by atoms with Crippen LogP contribution in [0.25, 0.3) is 0 Å². The number of urea groups is 1. The molecule has 6 heteroatoms. The highest BCUT2D eigenvalue weighted by atomic mass is 16.2. The smallest absolute Gasteiger partial charge is 0.331 e. The van der Waals surface area contributed by atoms with E-state index in [1.54, 1.807) is 0 Å². The van der Waals surface area contributed by atoms with Crippen molar-refractivity contribution in [1.29, 1.82) is 0 Å². The topological polar surface area (TPSA) is 92.5 Å². The van der Waals surface area contributed by atoms with E-state index in [2.05, 4.69) is 0 Å². The highest BCUT2D eigenvalue weighted by Gasteiger charge is 2.29. The zero-order valence-corrected chi connectivity index (χ0v) is 5.66. The number of nitrogens with one attached hydrogen (secondary N) is 1. The Kier molecular flexibility index (Phi) is 1.75. The van der Waals surface area contributed by atoms with Gasteiger partial charge in [-0.3, -0.25) is 9.59 Å². The molecule has 6 nitrogen and oxygen atoms in total. The number of hydrogen-bond donors (Lipinski definition) is 2. The summed E-state index contributed by atoms with van der Waals surface area (Å²) in [5, 5.41) is 0.641. The summed E-state index contributed by atoms with van der Waals surface area (Å²) in [5.74, 6) is -0.845. The van der Waals surface area contributed by atoms with Gasteiger partial charge in [-0.2, -0.15) is 5.01 Å². The number of imide groups is 1. The largest absolute Gasteiger partial charge is 0.350 e. The van der Waals surface area contributed by atoms with Crippen LogP contribution in [-0.2, 0) is 9.59 Å². The second-order valence-electron chi connectivity index (χ2n) is 2.10. The van der Waals surface area contributed by atoms with Gasteiger partial charge >= 0.3 is 6.03 Å². The number of amides is 4. The molecular weight excluding hydrogens is 150 g/mol. The molecule has 0 aliphatic carbocycles. The van der Waals surface area contributed by atoms with E-state index < -0.39 is 17.8 Å². The lowest BCUT2D eigenvalue weighted by Gasteiger charge is -2.11. The zero-order valence-electron chi connectivity index (χ0n) is 5.66. The fourth-order valence-electron chi connectivity index (χ4n) is 0.811. The van der Waals surface area contributed by atoms with Crippen molar-refractivity contribution in [3.63, 3.8) is 0 Å². The standard InChI is InChI=1S/C5H7N3O3/c6-5(11)7-8-3(9)1-2-4(8)10/h1-2H2,(H3,6,7,11). The van der Waals surface area contributed by atoms with Gasteiger partial charge in [0.05, 0.1) is 0 Å². The van der Waals surface area contributed by atoms with Crippen molar-refractivity contribution in [2.45, 2.75) is 12.8 Å². The number of nitrogens with two attached hydrogens (primary N) is 1. The van der Waals surface area contributed by atoms with Gasteiger partial charge in [-0.15, -0.1) is 0 Å². The summed E-state index contributed by atoms with van der Waals surface area (Å²) >= 11 is 0. The van der Waals surface area contributed by atoms with Crippen molar-refractivity contribution in [3.05, 3.63) is 0 Å². The molecule has 0 bridgehead atoms. The average Bonchev–Trinajstić information content (AvgIpc) is 2.18. The Labute approximate surface area is 62.3 Å². The summed E-state index contributed by atoms with van der Waals surface area (Å²) in [6.07, 6.45) is 0.276. The normalized spacial score (nSPS) is 17.3. The zero-order chi connectivity index (χ0) is 8.43. The first-order valence-corrected chi connectivity index (χ1v) is 3.03. The third kappa shape index (κ3) is 1.46. The van der Waals surface area contributed by atoms with E-state index in [1.165, 1.54) is 0 Å². The number of primary amides is 1.